The molecule has 0 aliphatic rings. The lowest BCUT2D eigenvalue weighted by molar-refractivity contribution is 0.765. The second-order valence-electron chi connectivity index (χ2n) is 3.83. The third-order valence-electron chi connectivity index (χ3n) is 2.66. The van der Waals surface area contributed by atoms with Crippen molar-refractivity contribution in [2.45, 2.75) is 26.3 Å². The van der Waals surface area contributed by atoms with Crippen LogP contribution < -0.4 is 5.32 Å². The smallest absolute Gasteiger partial charge is 0.0722 e. The number of anilines is 1. The van der Waals surface area contributed by atoms with Crippen molar-refractivity contribution in [3.05, 3.63) is 36.5 Å². The first kappa shape index (κ1) is 9.97. The van der Waals surface area contributed by atoms with Gasteiger partial charge in [-0.2, -0.15) is 0 Å². The minimum Gasteiger partial charge on any atom is -0.382 e. The maximum absolute atomic E-state index is 4.33. The zero-order valence-corrected chi connectivity index (χ0v) is 9.20. The summed E-state index contributed by atoms with van der Waals surface area (Å²) in [7, 11) is 0. The van der Waals surface area contributed by atoms with E-state index in [9.17, 15) is 0 Å². The summed E-state index contributed by atoms with van der Waals surface area (Å²) in [6.07, 6.45) is 2.98. The molecule has 1 N–H and O–H groups in total. The topological polar surface area (TPSA) is 24.9 Å². The van der Waals surface area contributed by atoms with Gasteiger partial charge < -0.3 is 5.32 Å². The van der Waals surface area contributed by atoms with Crippen LogP contribution in [-0.4, -0.2) is 11.0 Å². The molecule has 15 heavy (non-hydrogen) atoms. The van der Waals surface area contributed by atoms with E-state index in [0.717, 1.165) is 11.9 Å². The van der Waals surface area contributed by atoms with Crippen molar-refractivity contribution < 1.29 is 0 Å². The van der Waals surface area contributed by atoms with Gasteiger partial charge in [-0.3, -0.25) is 4.98 Å². The summed E-state index contributed by atoms with van der Waals surface area (Å²) < 4.78 is 0. The number of benzene rings is 1. The molecule has 2 aromatic rings. The van der Waals surface area contributed by atoms with Crippen molar-refractivity contribution in [3.63, 3.8) is 0 Å². The Morgan fingerprint density at radius 3 is 2.87 bits per heavy atom. The molecule has 0 radical (unpaired) electrons. The molecule has 0 aliphatic heterocycles. The molecular formula is C13H16N2. The van der Waals surface area contributed by atoms with Gasteiger partial charge in [-0.25, -0.2) is 0 Å². The van der Waals surface area contributed by atoms with Crippen LogP contribution in [0.4, 0.5) is 5.69 Å². The number of fused-ring (bicyclic) bond motifs is 1. The van der Waals surface area contributed by atoms with E-state index >= 15 is 0 Å². The van der Waals surface area contributed by atoms with Gasteiger partial charge in [0.25, 0.3) is 0 Å². The quantitative estimate of drug-likeness (QED) is 0.820. The summed E-state index contributed by atoms with van der Waals surface area (Å²) in [5, 5.41) is 4.69. The number of pyridine rings is 1. The SMILES string of the molecule is CCC(C)Nc1ccnc2ccccc12. The lowest BCUT2D eigenvalue weighted by atomic mass is 10.1. The fraction of sp³-hybridized carbons (Fsp3) is 0.308. The monoisotopic (exact) mass is 200 g/mol. The summed E-state index contributed by atoms with van der Waals surface area (Å²) in [4.78, 5) is 4.33. The molecule has 1 heterocycles. The maximum atomic E-state index is 4.33. The Morgan fingerprint density at radius 2 is 2.07 bits per heavy atom. The summed E-state index contributed by atoms with van der Waals surface area (Å²) in [6.45, 7) is 4.37. The third kappa shape index (κ3) is 2.09. The highest BCUT2D eigenvalue weighted by atomic mass is 14.9. The number of aromatic nitrogens is 1. The maximum Gasteiger partial charge on any atom is 0.0722 e. The van der Waals surface area contributed by atoms with Crippen LogP contribution in [0.25, 0.3) is 10.9 Å². The molecule has 2 heteroatoms. The first-order chi connectivity index (χ1) is 7.31. The summed E-state index contributed by atoms with van der Waals surface area (Å²) in [5.74, 6) is 0. The average molecular weight is 200 g/mol. The number of nitrogens with zero attached hydrogens (tertiary/aromatic N) is 1. The van der Waals surface area contributed by atoms with Gasteiger partial charge in [0.05, 0.1) is 5.52 Å². The molecule has 1 atom stereocenters. The Kier molecular flexibility index (Phi) is 2.86. The van der Waals surface area contributed by atoms with E-state index in [-0.39, 0.29) is 0 Å². The molecule has 1 aromatic heterocycles. The molecule has 2 nitrogen and oxygen atoms in total. The Bertz CT molecular complexity index is 446. The van der Waals surface area contributed by atoms with E-state index < -0.39 is 0 Å². The standard InChI is InChI=1S/C13H16N2/c1-3-10(2)15-13-8-9-14-12-7-5-4-6-11(12)13/h4-10H,3H2,1-2H3,(H,14,15). The van der Waals surface area contributed by atoms with E-state index in [2.05, 4.69) is 30.2 Å². The van der Waals surface area contributed by atoms with Gasteiger partial charge in [0.2, 0.25) is 0 Å². The normalized spacial score (nSPS) is 12.7. The molecule has 1 aromatic carbocycles. The number of rotatable bonds is 3. The van der Waals surface area contributed by atoms with Crippen LogP contribution in [0.15, 0.2) is 36.5 Å². The first-order valence-corrected chi connectivity index (χ1v) is 5.41. The molecule has 2 rings (SSSR count). The Hall–Kier alpha value is -1.57. The van der Waals surface area contributed by atoms with Crippen LogP contribution in [0.2, 0.25) is 0 Å². The van der Waals surface area contributed by atoms with E-state index in [1.54, 1.807) is 0 Å². The molecule has 1 unspecified atom stereocenters. The molecule has 0 bridgehead atoms. The number of para-hydroxylation sites is 1. The molecule has 78 valence electrons. The van der Waals surface area contributed by atoms with Gasteiger partial charge in [-0.05, 0) is 25.5 Å². The second-order valence-corrected chi connectivity index (χ2v) is 3.83. The fourth-order valence-corrected chi connectivity index (χ4v) is 1.59. The predicted octanol–water partition coefficient (Wildman–Crippen LogP) is 3.45. The van der Waals surface area contributed by atoms with Crippen molar-refractivity contribution in [2.75, 3.05) is 5.32 Å². The van der Waals surface area contributed by atoms with Crippen LogP contribution >= 0.6 is 0 Å². The first-order valence-electron chi connectivity index (χ1n) is 5.41. The second kappa shape index (κ2) is 4.30. The van der Waals surface area contributed by atoms with Crippen molar-refractivity contribution in [1.82, 2.24) is 4.98 Å². The van der Waals surface area contributed by atoms with Gasteiger partial charge >= 0.3 is 0 Å². The number of hydrogen-bond acceptors (Lipinski definition) is 2. The van der Waals surface area contributed by atoms with Crippen molar-refractivity contribution in [3.8, 4) is 0 Å². The Labute approximate surface area is 90.3 Å². The molecular weight excluding hydrogens is 184 g/mol. The number of hydrogen-bond donors (Lipinski definition) is 1. The van der Waals surface area contributed by atoms with Crippen molar-refractivity contribution in [2.24, 2.45) is 0 Å². The highest BCUT2D eigenvalue weighted by Gasteiger charge is 2.03. The minimum absolute atomic E-state index is 0.496. The molecule has 0 saturated heterocycles. The molecule has 0 spiro atoms. The van der Waals surface area contributed by atoms with Crippen LogP contribution in [0.3, 0.4) is 0 Å². The molecule has 0 saturated carbocycles. The lowest BCUT2D eigenvalue weighted by Gasteiger charge is -2.14. The van der Waals surface area contributed by atoms with Crippen LogP contribution in [0.1, 0.15) is 20.3 Å². The Balaban J connectivity index is 2.42. The molecule has 0 aliphatic carbocycles. The summed E-state index contributed by atoms with van der Waals surface area (Å²) in [6, 6.07) is 10.7. The lowest BCUT2D eigenvalue weighted by Crippen LogP contribution is -2.13. The van der Waals surface area contributed by atoms with Crippen LogP contribution in [0.5, 0.6) is 0 Å². The van der Waals surface area contributed by atoms with Crippen molar-refractivity contribution >= 4 is 16.6 Å². The van der Waals surface area contributed by atoms with E-state index in [0.29, 0.717) is 6.04 Å². The van der Waals surface area contributed by atoms with E-state index in [4.69, 9.17) is 0 Å². The van der Waals surface area contributed by atoms with Gasteiger partial charge in [-0.15, -0.1) is 0 Å². The summed E-state index contributed by atoms with van der Waals surface area (Å²) in [5.41, 5.74) is 2.22. The van der Waals surface area contributed by atoms with Crippen LogP contribution in [-0.2, 0) is 0 Å². The van der Waals surface area contributed by atoms with E-state index in [1.165, 1.54) is 11.1 Å². The average Bonchev–Trinajstić information content (AvgIpc) is 2.29. The molecule has 0 amide bonds. The van der Waals surface area contributed by atoms with Gasteiger partial charge in [0.1, 0.15) is 0 Å². The number of nitrogens with one attached hydrogen (secondary N) is 1. The van der Waals surface area contributed by atoms with Gasteiger partial charge in [0.15, 0.2) is 0 Å². The zero-order valence-electron chi connectivity index (χ0n) is 9.20. The van der Waals surface area contributed by atoms with Crippen LogP contribution in [0, 0.1) is 0 Å². The highest BCUT2D eigenvalue weighted by Crippen LogP contribution is 2.21. The van der Waals surface area contributed by atoms with Gasteiger partial charge in [-0.1, -0.05) is 25.1 Å². The largest absolute Gasteiger partial charge is 0.382 e. The van der Waals surface area contributed by atoms with E-state index in [1.807, 2.05) is 30.5 Å². The predicted molar refractivity (Wildman–Crippen MR) is 65.1 cm³/mol. The highest BCUT2D eigenvalue weighted by molar-refractivity contribution is 5.90. The minimum atomic E-state index is 0.496. The fourth-order valence-electron chi connectivity index (χ4n) is 1.59. The third-order valence-corrected chi connectivity index (χ3v) is 2.66. The van der Waals surface area contributed by atoms with Crippen molar-refractivity contribution in [1.29, 1.82) is 0 Å². The Morgan fingerprint density at radius 1 is 1.27 bits per heavy atom. The van der Waals surface area contributed by atoms with Gasteiger partial charge in [0, 0.05) is 23.3 Å². The summed E-state index contributed by atoms with van der Waals surface area (Å²) >= 11 is 0. The zero-order chi connectivity index (χ0) is 10.7. The molecule has 0 fully saturated rings.